The van der Waals surface area contributed by atoms with Gasteiger partial charge < -0.3 is 15.0 Å². The number of benzene rings is 1. The molecule has 6 heteroatoms. The number of hydrogen-bond donors (Lipinski definition) is 1. The Kier molecular flexibility index (Phi) is 5.20. The van der Waals surface area contributed by atoms with E-state index in [9.17, 15) is 9.18 Å². The lowest BCUT2D eigenvalue weighted by Gasteiger charge is -2.29. The standard InChI is InChI=1S/C14H18ClFN2O2/c1-18-6-4-10(5-7-18)17-14(19)9-20-11-2-3-13(16)12(15)8-11/h2-3,8,10H,4-7,9H2,1H3,(H,17,19). The summed E-state index contributed by atoms with van der Waals surface area (Å²) in [5, 5.41) is 2.92. The molecule has 1 aliphatic heterocycles. The first-order chi connectivity index (χ1) is 9.54. The van der Waals surface area contributed by atoms with Crippen LogP contribution in [0.15, 0.2) is 18.2 Å². The van der Waals surface area contributed by atoms with Crippen LogP contribution in [0, 0.1) is 5.82 Å². The van der Waals surface area contributed by atoms with Crippen LogP contribution < -0.4 is 10.1 Å². The van der Waals surface area contributed by atoms with Gasteiger partial charge in [-0.2, -0.15) is 0 Å². The van der Waals surface area contributed by atoms with Gasteiger partial charge in [0.2, 0.25) is 0 Å². The van der Waals surface area contributed by atoms with Gasteiger partial charge in [-0.3, -0.25) is 4.79 Å². The summed E-state index contributed by atoms with van der Waals surface area (Å²) in [6.45, 7) is 1.88. The molecule has 0 radical (unpaired) electrons. The predicted molar refractivity (Wildman–Crippen MR) is 75.6 cm³/mol. The van der Waals surface area contributed by atoms with Crippen molar-refractivity contribution >= 4 is 17.5 Å². The van der Waals surface area contributed by atoms with Crippen molar-refractivity contribution in [2.75, 3.05) is 26.7 Å². The van der Waals surface area contributed by atoms with Crippen LogP contribution >= 0.6 is 11.6 Å². The quantitative estimate of drug-likeness (QED) is 0.925. The van der Waals surface area contributed by atoms with Gasteiger partial charge in [0.15, 0.2) is 6.61 Å². The summed E-state index contributed by atoms with van der Waals surface area (Å²) in [5.74, 6) is -0.287. The fourth-order valence-corrected chi connectivity index (χ4v) is 2.31. The van der Waals surface area contributed by atoms with Gasteiger partial charge in [-0.05, 0) is 45.1 Å². The highest BCUT2D eigenvalue weighted by Crippen LogP contribution is 2.20. The van der Waals surface area contributed by atoms with Gasteiger partial charge in [0.05, 0.1) is 5.02 Å². The Bertz CT molecular complexity index is 476. The fourth-order valence-electron chi connectivity index (χ4n) is 2.14. The van der Waals surface area contributed by atoms with Gasteiger partial charge in [0.1, 0.15) is 11.6 Å². The minimum absolute atomic E-state index is 0.0155. The maximum absolute atomic E-state index is 13.0. The first-order valence-electron chi connectivity index (χ1n) is 6.60. The van der Waals surface area contributed by atoms with Crippen LogP contribution in [0.25, 0.3) is 0 Å². The Balaban J connectivity index is 1.76. The second kappa shape index (κ2) is 6.90. The summed E-state index contributed by atoms with van der Waals surface area (Å²) in [5.41, 5.74) is 0. The second-order valence-electron chi connectivity index (χ2n) is 5.01. The Hall–Kier alpha value is -1.33. The van der Waals surface area contributed by atoms with E-state index < -0.39 is 5.82 Å². The van der Waals surface area contributed by atoms with E-state index in [1.54, 1.807) is 0 Å². The molecule has 1 aromatic carbocycles. The minimum atomic E-state index is -0.505. The highest BCUT2D eigenvalue weighted by atomic mass is 35.5. The third-order valence-corrected chi connectivity index (χ3v) is 3.63. The number of amides is 1. The number of ether oxygens (including phenoxy) is 1. The summed E-state index contributed by atoms with van der Waals surface area (Å²) in [6, 6.07) is 4.23. The molecule has 0 spiro atoms. The van der Waals surface area contributed by atoms with Gasteiger partial charge in [0.25, 0.3) is 5.91 Å². The number of rotatable bonds is 4. The lowest BCUT2D eigenvalue weighted by Crippen LogP contribution is -2.44. The smallest absolute Gasteiger partial charge is 0.258 e. The molecule has 1 aliphatic rings. The highest BCUT2D eigenvalue weighted by Gasteiger charge is 2.18. The van der Waals surface area contributed by atoms with Crippen molar-refractivity contribution in [3.63, 3.8) is 0 Å². The van der Waals surface area contributed by atoms with E-state index in [1.807, 2.05) is 0 Å². The maximum Gasteiger partial charge on any atom is 0.258 e. The van der Waals surface area contributed by atoms with Crippen LogP contribution in [-0.4, -0.2) is 43.6 Å². The van der Waals surface area contributed by atoms with Crippen LogP contribution in [0.3, 0.4) is 0 Å². The summed E-state index contributed by atoms with van der Waals surface area (Å²) in [4.78, 5) is 14.0. The molecule has 0 unspecified atom stereocenters. The Morgan fingerprint density at radius 1 is 1.50 bits per heavy atom. The molecule has 1 fully saturated rings. The largest absolute Gasteiger partial charge is 0.484 e. The zero-order chi connectivity index (χ0) is 14.5. The third-order valence-electron chi connectivity index (χ3n) is 3.34. The molecule has 110 valence electrons. The van der Waals surface area contributed by atoms with Crippen molar-refractivity contribution in [2.45, 2.75) is 18.9 Å². The van der Waals surface area contributed by atoms with E-state index in [0.29, 0.717) is 5.75 Å². The molecule has 1 saturated heterocycles. The normalized spacial score (nSPS) is 16.9. The lowest BCUT2D eigenvalue weighted by molar-refractivity contribution is -0.124. The highest BCUT2D eigenvalue weighted by molar-refractivity contribution is 6.30. The van der Waals surface area contributed by atoms with Crippen LogP contribution in [0.2, 0.25) is 5.02 Å². The van der Waals surface area contributed by atoms with E-state index >= 15 is 0 Å². The molecule has 0 atom stereocenters. The molecule has 0 aliphatic carbocycles. The van der Waals surface area contributed by atoms with Crippen molar-refractivity contribution in [3.8, 4) is 5.75 Å². The summed E-state index contributed by atoms with van der Waals surface area (Å²) in [6.07, 6.45) is 1.90. The molecule has 1 heterocycles. The molecule has 1 amide bonds. The Morgan fingerprint density at radius 3 is 2.85 bits per heavy atom. The van der Waals surface area contributed by atoms with Crippen LogP contribution in [0.5, 0.6) is 5.75 Å². The topological polar surface area (TPSA) is 41.6 Å². The third kappa shape index (κ3) is 4.35. The molecular formula is C14H18ClFN2O2. The predicted octanol–water partition coefficient (Wildman–Crippen LogP) is 2.07. The molecule has 0 bridgehead atoms. The van der Waals surface area contributed by atoms with Crippen molar-refractivity contribution in [3.05, 3.63) is 29.0 Å². The van der Waals surface area contributed by atoms with E-state index in [-0.39, 0.29) is 23.6 Å². The van der Waals surface area contributed by atoms with Crippen molar-refractivity contribution in [1.29, 1.82) is 0 Å². The van der Waals surface area contributed by atoms with Crippen LogP contribution in [-0.2, 0) is 4.79 Å². The number of hydrogen-bond acceptors (Lipinski definition) is 3. The lowest BCUT2D eigenvalue weighted by atomic mass is 10.1. The molecule has 1 N–H and O–H groups in total. The molecule has 2 rings (SSSR count). The summed E-state index contributed by atoms with van der Waals surface area (Å²) >= 11 is 5.64. The number of carbonyl (C=O) groups is 1. The van der Waals surface area contributed by atoms with Crippen molar-refractivity contribution < 1.29 is 13.9 Å². The monoisotopic (exact) mass is 300 g/mol. The molecule has 4 nitrogen and oxygen atoms in total. The van der Waals surface area contributed by atoms with Crippen LogP contribution in [0.4, 0.5) is 4.39 Å². The number of nitrogens with zero attached hydrogens (tertiary/aromatic N) is 1. The van der Waals surface area contributed by atoms with Crippen molar-refractivity contribution in [1.82, 2.24) is 10.2 Å². The van der Waals surface area contributed by atoms with E-state index in [4.69, 9.17) is 16.3 Å². The molecule has 0 aromatic heterocycles. The van der Waals surface area contributed by atoms with Gasteiger partial charge in [-0.1, -0.05) is 11.6 Å². The average Bonchev–Trinajstić information content (AvgIpc) is 2.43. The SMILES string of the molecule is CN1CCC(NC(=O)COc2ccc(F)c(Cl)c2)CC1. The fraction of sp³-hybridized carbons (Fsp3) is 0.500. The van der Waals surface area contributed by atoms with Gasteiger partial charge >= 0.3 is 0 Å². The summed E-state index contributed by atoms with van der Waals surface area (Å²) in [7, 11) is 2.07. The van der Waals surface area contributed by atoms with Gasteiger partial charge in [0, 0.05) is 12.1 Å². The van der Waals surface area contributed by atoms with E-state index in [1.165, 1.54) is 18.2 Å². The van der Waals surface area contributed by atoms with E-state index in [2.05, 4.69) is 17.3 Å². The van der Waals surface area contributed by atoms with Gasteiger partial charge in [-0.15, -0.1) is 0 Å². The number of likely N-dealkylation sites (tertiary alicyclic amines) is 1. The first kappa shape index (κ1) is 15.1. The minimum Gasteiger partial charge on any atom is -0.484 e. The first-order valence-corrected chi connectivity index (χ1v) is 6.98. The van der Waals surface area contributed by atoms with Crippen LogP contribution in [0.1, 0.15) is 12.8 Å². The number of nitrogens with one attached hydrogen (secondary N) is 1. The summed E-state index contributed by atoms with van der Waals surface area (Å²) < 4.78 is 18.3. The van der Waals surface area contributed by atoms with Crippen molar-refractivity contribution in [2.24, 2.45) is 0 Å². The Morgan fingerprint density at radius 2 is 2.20 bits per heavy atom. The number of piperidine rings is 1. The zero-order valence-electron chi connectivity index (χ0n) is 11.4. The molecule has 20 heavy (non-hydrogen) atoms. The molecule has 0 saturated carbocycles. The zero-order valence-corrected chi connectivity index (χ0v) is 12.1. The number of halogens is 2. The average molecular weight is 301 g/mol. The Labute approximate surface area is 122 Å². The van der Waals surface area contributed by atoms with Gasteiger partial charge in [-0.25, -0.2) is 4.39 Å². The molecule has 1 aromatic rings. The second-order valence-corrected chi connectivity index (χ2v) is 5.42. The van der Waals surface area contributed by atoms with E-state index in [0.717, 1.165) is 25.9 Å². The number of carbonyl (C=O) groups excluding carboxylic acids is 1. The molecular weight excluding hydrogens is 283 g/mol. The maximum atomic E-state index is 13.0.